The summed E-state index contributed by atoms with van der Waals surface area (Å²) in [4.78, 5) is 14.0. The van der Waals surface area contributed by atoms with E-state index in [1.165, 1.54) is 0 Å². The average molecular weight is 412 g/mol. The van der Waals surface area contributed by atoms with Crippen molar-refractivity contribution in [3.8, 4) is 0 Å². The highest BCUT2D eigenvalue weighted by atomic mass is 127. The van der Waals surface area contributed by atoms with Crippen LogP contribution in [0.1, 0.15) is 10.4 Å². The summed E-state index contributed by atoms with van der Waals surface area (Å²) >= 11 is 5.67. The molecule has 0 fully saturated rings. The zero-order valence-corrected chi connectivity index (χ0v) is 13.6. The molecule has 94 valence electrons. The minimum atomic E-state index is 0.0315. The highest BCUT2D eigenvalue weighted by Crippen LogP contribution is 2.11. The van der Waals surface area contributed by atoms with Crippen molar-refractivity contribution in [2.24, 2.45) is 0 Å². The molecular formula is C12H15BrINO2. The van der Waals surface area contributed by atoms with Gasteiger partial charge in [0.15, 0.2) is 0 Å². The molecule has 1 rings (SSSR count). The smallest absolute Gasteiger partial charge is 0.253 e. The zero-order valence-electron chi connectivity index (χ0n) is 9.82. The summed E-state index contributed by atoms with van der Waals surface area (Å²) in [5.74, 6) is 0.0315. The van der Waals surface area contributed by atoms with Crippen LogP contribution < -0.4 is 0 Å². The van der Waals surface area contributed by atoms with Crippen molar-refractivity contribution in [2.75, 3.05) is 27.3 Å². The topological polar surface area (TPSA) is 29.5 Å². The zero-order chi connectivity index (χ0) is 12.8. The molecule has 0 heterocycles. The molecule has 0 saturated carbocycles. The van der Waals surface area contributed by atoms with E-state index in [2.05, 4.69) is 38.5 Å². The van der Waals surface area contributed by atoms with Gasteiger partial charge in [0, 0.05) is 29.8 Å². The monoisotopic (exact) mass is 411 g/mol. The number of amides is 1. The van der Waals surface area contributed by atoms with Crippen molar-refractivity contribution >= 4 is 44.4 Å². The summed E-state index contributed by atoms with van der Waals surface area (Å²) < 4.78 is 6.09. The molecule has 0 spiro atoms. The van der Waals surface area contributed by atoms with Crippen molar-refractivity contribution < 1.29 is 9.53 Å². The lowest BCUT2D eigenvalue weighted by atomic mass is 10.2. The number of benzene rings is 1. The lowest BCUT2D eigenvalue weighted by Gasteiger charge is -2.20. The first-order chi connectivity index (χ1) is 8.04. The predicted octanol–water partition coefficient (Wildman–Crippen LogP) is 2.77. The van der Waals surface area contributed by atoms with E-state index in [0.717, 1.165) is 9.13 Å². The van der Waals surface area contributed by atoms with Gasteiger partial charge in [-0.15, -0.1) is 0 Å². The van der Waals surface area contributed by atoms with Gasteiger partial charge in [0.05, 0.1) is 11.4 Å². The van der Waals surface area contributed by atoms with Crippen LogP contribution in [0.25, 0.3) is 0 Å². The van der Waals surface area contributed by atoms with Crippen LogP contribution >= 0.6 is 38.5 Å². The first kappa shape index (κ1) is 14.9. The van der Waals surface area contributed by atoms with Gasteiger partial charge in [-0.1, -0.05) is 22.0 Å². The predicted molar refractivity (Wildman–Crippen MR) is 80.7 cm³/mol. The van der Waals surface area contributed by atoms with Gasteiger partial charge in [-0.25, -0.2) is 0 Å². The van der Waals surface area contributed by atoms with Crippen LogP contribution in [0.4, 0.5) is 0 Å². The third-order valence-electron chi connectivity index (χ3n) is 2.24. The maximum atomic E-state index is 12.1. The van der Waals surface area contributed by atoms with Crippen LogP contribution in [-0.2, 0) is 4.74 Å². The molecule has 0 aliphatic carbocycles. The number of hydrogen-bond donors (Lipinski definition) is 0. The first-order valence-corrected chi connectivity index (χ1v) is 7.18. The Hall–Kier alpha value is -0.140. The largest absolute Gasteiger partial charge is 0.383 e. The quantitative estimate of drug-likeness (QED) is 0.550. The molecule has 0 radical (unpaired) electrons. The Morgan fingerprint density at radius 2 is 2.29 bits per heavy atom. The van der Waals surface area contributed by atoms with Crippen LogP contribution in [0.2, 0.25) is 0 Å². The van der Waals surface area contributed by atoms with Crippen LogP contribution in [0.5, 0.6) is 0 Å². The third-order valence-corrected chi connectivity index (χ3v) is 3.46. The molecule has 0 aliphatic rings. The molecule has 5 heteroatoms. The molecule has 1 aromatic carbocycles. The van der Waals surface area contributed by atoms with Crippen molar-refractivity contribution in [1.29, 1.82) is 0 Å². The van der Waals surface area contributed by atoms with Gasteiger partial charge < -0.3 is 9.64 Å². The standard InChI is InChI=1S/C12H15BrINO2/c1-15(7-10(13)8-17-2)12(16)9-4-3-5-11(14)6-9/h3-6,10H,7-8H2,1-2H3. The summed E-state index contributed by atoms with van der Waals surface area (Å²) in [5, 5.41) is 0. The van der Waals surface area contributed by atoms with Gasteiger partial charge in [0.2, 0.25) is 0 Å². The van der Waals surface area contributed by atoms with Gasteiger partial charge in [-0.3, -0.25) is 4.79 Å². The second-order valence-electron chi connectivity index (χ2n) is 3.75. The fraction of sp³-hybridized carbons (Fsp3) is 0.417. The maximum absolute atomic E-state index is 12.1. The Balaban J connectivity index is 2.63. The van der Waals surface area contributed by atoms with E-state index in [-0.39, 0.29) is 10.7 Å². The van der Waals surface area contributed by atoms with Crippen molar-refractivity contribution in [3.63, 3.8) is 0 Å². The average Bonchev–Trinajstić information content (AvgIpc) is 2.28. The number of alkyl halides is 1. The van der Waals surface area contributed by atoms with Crippen molar-refractivity contribution in [2.45, 2.75) is 4.83 Å². The Kier molecular flexibility index (Phi) is 6.43. The number of carbonyl (C=O) groups excluding carboxylic acids is 1. The second kappa shape index (κ2) is 7.33. The van der Waals surface area contributed by atoms with E-state index >= 15 is 0 Å². The molecule has 3 nitrogen and oxygen atoms in total. The summed E-state index contributed by atoms with van der Waals surface area (Å²) in [6.45, 7) is 1.21. The number of carbonyl (C=O) groups is 1. The van der Waals surface area contributed by atoms with Gasteiger partial charge >= 0.3 is 0 Å². The summed E-state index contributed by atoms with van der Waals surface area (Å²) in [7, 11) is 3.45. The van der Waals surface area contributed by atoms with E-state index < -0.39 is 0 Å². The van der Waals surface area contributed by atoms with E-state index in [1.807, 2.05) is 24.3 Å². The lowest BCUT2D eigenvalue weighted by molar-refractivity contribution is 0.0784. The number of nitrogens with zero attached hydrogens (tertiary/aromatic N) is 1. The van der Waals surface area contributed by atoms with Gasteiger partial charge in [-0.2, -0.15) is 0 Å². The SMILES string of the molecule is COCC(Br)CN(C)C(=O)c1cccc(I)c1. The number of hydrogen-bond acceptors (Lipinski definition) is 2. The Bertz CT molecular complexity index is 387. The Labute approximate surface area is 124 Å². The van der Waals surface area contributed by atoms with E-state index in [4.69, 9.17) is 4.74 Å². The molecule has 0 bridgehead atoms. The van der Waals surface area contributed by atoms with E-state index in [0.29, 0.717) is 13.2 Å². The minimum absolute atomic E-state index is 0.0315. The number of halogens is 2. The lowest BCUT2D eigenvalue weighted by Crippen LogP contribution is -2.33. The minimum Gasteiger partial charge on any atom is -0.383 e. The maximum Gasteiger partial charge on any atom is 0.253 e. The molecule has 1 unspecified atom stereocenters. The number of methoxy groups -OCH3 is 1. The van der Waals surface area contributed by atoms with Crippen LogP contribution in [0.15, 0.2) is 24.3 Å². The second-order valence-corrected chi connectivity index (χ2v) is 6.29. The van der Waals surface area contributed by atoms with Gasteiger partial charge in [-0.05, 0) is 40.8 Å². The number of rotatable bonds is 5. The Morgan fingerprint density at radius 3 is 2.88 bits per heavy atom. The van der Waals surface area contributed by atoms with E-state index in [1.54, 1.807) is 19.1 Å². The molecule has 0 aromatic heterocycles. The fourth-order valence-electron chi connectivity index (χ4n) is 1.46. The highest BCUT2D eigenvalue weighted by Gasteiger charge is 2.15. The first-order valence-electron chi connectivity index (χ1n) is 5.18. The summed E-state index contributed by atoms with van der Waals surface area (Å²) in [5.41, 5.74) is 0.719. The number of ether oxygens (including phenoxy) is 1. The van der Waals surface area contributed by atoms with Crippen molar-refractivity contribution in [1.82, 2.24) is 4.90 Å². The molecule has 0 aliphatic heterocycles. The fourth-order valence-corrected chi connectivity index (χ4v) is 2.70. The molecule has 0 N–H and O–H groups in total. The molecular weight excluding hydrogens is 397 g/mol. The van der Waals surface area contributed by atoms with Crippen LogP contribution in [0.3, 0.4) is 0 Å². The molecule has 0 saturated heterocycles. The molecule has 1 atom stereocenters. The highest BCUT2D eigenvalue weighted by molar-refractivity contribution is 14.1. The molecule has 1 amide bonds. The third kappa shape index (κ3) is 4.93. The van der Waals surface area contributed by atoms with Crippen molar-refractivity contribution in [3.05, 3.63) is 33.4 Å². The van der Waals surface area contributed by atoms with Crippen LogP contribution in [-0.4, -0.2) is 42.9 Å². The van der Waals surface area contributed by atoms with Crippen LogP contribution in [0, 0.1) is 3.57 Å². The Morgan fingerprint density at radius 1 is 1.59 bits per heavy atom. The van der Waals surface area contributed by atoms with Gasteiger partial charge in [0.1, 0.15) is 0 Å². The normalized spacial score (nSPS) is 12.2. The van der Waals surface area contributed by atoms with Gasteiger partial charge in [0.25, 0.3) is 5.91 Å². The van der Waals surface area contributed by atoms with E-state index in [9.17, 15) is 4.79 Å². The molecule has 17 heavy (non-hydrogen) atoms. The molecule has 1 aromatic rings. The summed E-state index contributed by atoms with van der Waals surface area (Å²) in [6, 6.07) is 7.58. The summed E-state index contributed by atoms with van der Waals surface area (Å²) in [6.07, 6.45) is 0.